The first-order chi connectivity index (χ1) is 16.1. The van der Waals surface area contributed by atoms with Crippen LogP contribution in [-0.2, 0) is 4.79 Å². The van der Waals surface area contributed by atoms with Gasteiger partial charge in [-0.25, -0.2) is 9.37 Å². The van der Waals surface area contributed by atoms with E-state index in [2.05, 4.69) is 20.5 Å². The maximum absolute atomic E-state index is 15.5. The average molecular weight is 487 g/mol. The SMILES string of the molecule is C1CC1.NC1CCN(c2c(F)c(Cl)c(-c3ccc4nc(NC=O)sc4c3)c3cn[nH]c23)CC1. The molecule has 0 spiro atoms. The Hall–Kier alpha value is -2.75. The molecule has 1 aliphatic carbocycles. The lowest BCUT2D eigenvalue weighted by molar-refractivity contribution is -0.105. The van der Waals surface area contributed by atoms with Gasteiger partial charge in [-0.3, -0.25) is 9.89 Å². The lowest BCUT2D eigenvalue weighted by Crippen LogP contribution is -2.40. The van der Waals surface area contributed by atoms with E-state index in [9.17, 15) is 4.79 Å². The number of anilines is 2. The lowest BCUT2D eigenvalue weighted by atomic mass is 9.98. The molecule has 4 N–H and O–H groups in total. The predicted octanol–water partition coefficient (Wildman–Crippen LogP) is 5.30. The van der Waals surface area contributed by atoms with Crippen molar-refractivity contribution in [3.05, 3.63) is 35.2 Å². The zero-order valence-corrected chi connectivity index (χ0v) is 19.5. The van der Waals surface area contributed by atoms with Crippen LogP contribution >= 0.6 is 22.9 Å². The number of halogens is 2. The molecule has 1 saturated heterocycles. The highest BCUT2D eigenvalue weighted by Crippen LogP contribution is 2.44. The van der Waals surface area contributed by atoms with Crippen molar-refractivity contribution in [3.63, 3.8) is 0 Å². The van der Waals surface area contributed by atoms with Gasteiger partial charge in [0.25, 0.3) is 0 Å². The molecule has 1 amide bonds. The summed E-state index contributed by atoms with van der Waals surface area (Å²) in [6.07, 6.45) is 8.36. The van der Waals surface area contributed by atoms with Crippen molar-refractivity contribution in [1.82, 2.24) is 15.2 Å². The molecule has 10 heteroatoms. The summed E-state index contributed by atoms with van der Waals surface area (Å²) >= 11 is 7.92. The number of amides is 1. The highest BCUT2D eigenvalue weighted by molar-refractivity contribution is 7.22. The summed E-state index contributed by atoms with van der Waals surface area (Å²) < 4.78 is 16.4. The second-order valence-electron chi connectivity index (χ2n) is 8.36. The van der Waals surface area contributed by atoms with Crippen LogP contribution in [0.25, 0.3) is 32.2 Å². The minimum Gasteiger partial charge on any atom is -0.367 e. The molecule has 4 aromatic rings. The van der Waals surface area contributed by atoms with E-state index < -0.39 is 5.82 Å². The number of nitrogens with two attached hydrogens (primary N) is 1. The number of hydrogen-bond donors (Lipinski definition) is 3. The van der Waals surface area contributed by atoms with Gasteiger partial charge in [-0.1, -0.05) is 48.3 Å². The number of carbonyl (C=O) groups excluding carboxylic acids is 1. The molecule has 2 aromatic heterocycles. The van der Waals surface area contributed by atoms with Gasteiger partial charge in [0.15, 0.2) is 10.9 Å². The fourth-order valence-electron chi connectivity index (χ4n) is 3.99. The lowest BCUT2D eigenvalue weighted by Gasteiger charge is -2.33. The maximum atomic E-state index is 15.5. The van der Waals surface area contributed by atoms with E-state index in [0.29, 0.717) is 41.4 Å². The Morgan fingerprint density at radius 1 is 1.27 bits per heavy atom. The van der Waals surface area contributed by atoms with Crippen molar-refractivity contribution in [2.24, 2.45) is 5.73 Å². The molecule has 2 fully saturated rings. The number of thiazole rings is 1. The third kappa shape index (κ3) is 4.40. The van der Waals surface area contributed by atoms with Crippen LogP contribution in [0.3, 0.4) is 0 Å². The first-order valence-corrected chi connectivity index (χ1v) is 12.2. The normalized spacial score (nSPS) is 16.0. The summed E-state index contributed by atoms with van der Waals surface area (Å²) in [6.45, 7) is 1.34. The minimum absolute atomic E-state index is 0.0591. The topological polar surface area (TPSA) is 99.9 Å². The Morgan fingerprint density at radius 3 is 2.73 bits per heavy atom. The second-order valence-corrected chi connectivity index (χ2v) is 9.77. The molecular formula is C23H24ClFN6OS. The standard InChI is InChI=1S/C20H18ClFN6OS.C3H6/c21-16-15(10-1-2-13-14(7-10)30-20(26-13)24-9-29)12-8-25-27-18(12)19(17(16)22)28-5-3-11(23)4-6-28;1-2-3-1/h1-2,7-9,11H,3-6,23H2,(H,25,27)(H,24,26,29);1-3H2. The van der Waals surface area contributed by atoms with Crippen LogP contribution in [0.1, 0.15) is 32.1 Å². The predicted molar refractivity (Wildman–Crippen MR) is 133 cm³/mol. The quantitative estimate of drug-likeness (QED) is 0.340. The average Bonchev–Trinajstić information content (AvgIpc) is 3.53. The molecule has 0 radical (unpaired) electrons. The molecule has 0 bridgehead atoms. The maximum Gasteiger partial charge on any atom is 0.213 e. The molecule has 0 unspecified atom stereocenters. The highest BCUT2D eigenvalue weighted by Gasteiger charge is 2.27. The Bertz CT molecular complexity index is 1310. The Labute approximate surface area is 199 Å². The Morgan fingerprint density at radius 2 is 2.03 bits per heavy atom. The van der Waals surface area contributed by atoms with Crippen molar-refractivity contribution in [3.8, 4) is 11.1 Å². The van der Waals surface area contributed by atoms with Gasteiger partial charge in [-0.05, 0) is 30.5 Å². The van der Waals surface area contributed by atoms with Gasteiger partial charge >= 0.3 is 0 Å². The van der Waals surface area contributed by atoms with Crippen molar-refractivity contribution in [2.75, 3.05) is 23.3 Å². The summed E-state index contributed by atoms with van der Waals surface area (Å²) in [7, 11) is 0. The summed E-state index contributed by atoms with van der Waals surface area (Å²) in [5, 5.41) is 11.0. The van der Waals surface area contributed by atoms with E-state index in [1.165, 1.54) is 30.6 Å². The van der Waals surface area contributed by atoms with Crippen LogP contribution in [0.15, 0.2) is 24.4 Å². The molecule has 1 aliphatic heterocycles. The molecular weight excluding hydrogens is 463 g/mol. The van der Waals surface area contributed by atoms with Gasteiger partial charge in [0.05, 0.1) is 27.0 Å². The van der Waals surface area contributed by atoms with Gasteiger partial charge in [0, 0.05) is 30.1 Å². The molecule has 7 nitrogen and oxygen atoms in total. The number of carbonyl (C=O) groups is 1. The van der Waals surface area contributed by atoms with E-state index in [1.807, 2.05) is 23.1 Å². The fraction of sp³-hybridized carbons (Fsp3) is 0.348. The van der Waals surface area contributed by atoms with E-state index in [4.69, 9.17) is 17.3 Å². The number of rotatable bonds is 4. The number of H-pyrrole nitrogens is 1. The number of hydrogen-bond acceptors (Lipinski definition) is 6. The number of aromatic amines is 1. The van der Waals surface area contributed by atoms with Crippen LogP contribution in [0.5, 0.6) is 0 Å². The van der Waals surface area contributed by atoms with Gasteiger partial charge in [0.2, 0.25) is 6.41 Å². The van der Waals surface area contributed by atoms with Crippen molar-refractivity contribution in [1.29, 1.82) is 0 Å². The van der Waals surface area contributed by atoms with E-state index in [1.54, 1.807) is 6.20 Å². The summed E-state index contributed by atoms with van der Waals surface area (Å²) in [5.74, 6) is -0.466. The summed E-state index contributed by atoms with van der Waals surface area (Å²) in [4.78, 5) is 17.0. The number of fused-ring (bicyclic) bond motifs is 2. The number of benzene rings is 2. The monoisotopic (exact) mass is 486 g/mol. The number of aromatic nitrogens is 3. The first kappa shape index (κ1) is 22.1. The largest absolute Gasteiger partial charge is 0.367 e. The molecule has 0 atom stereocenters. The van der Waals surface area contributed by atoms with Gasteiger partial charge in [-0.15, -0.1) is 0 Å². The second kappa shape index (κ2) is 9.24. The molecule has 172 valence electrons. The van der Waals surface area contributed by atoms with Crippen LogP contribution in [0.2, 0.25) is 5.02 Å². The van der Waals surface area contributed by atoms with Crippen molar-refractivity contribution < 1.29 is 9.18 Å². The third-order valence-corrected chi connectivity index (χ3v) is 7.14. The van der Waals surface area contributed by atoms with Crippen molar-refractivity contribution >= 4 is 61.3 Å². The fourth-order valence-corrected chi connectivity index (χ4v) is 5.16. The van der Waals surface area contributed by atoms with Crippen LogP contribution in [0.4, 0.5) is 15.2 Å². The smallest absolute Gasteiger partial charge is 0.213 e. The van der Waals surface area contributed by atoms with E-state index >= 15 is 4.39 Å². The van der Waals surface area contributed by atoms with Gasteiger partial charge < -0.3 is 16.0 Å². The minimum atomic E-state index is -0.466. The molecule has 3 heterocycles. The summed E-state index contributed by atoms with van der Waals surface area (Å²) in [5.41, 5.74) is 9.15. The van der Waals surface area contributed by atoms with Crippen LogP contribution in [0, 0.1) is 5.82 Å². The van der Waals surface area contributed by atoms with Crippen LogP contribution < -0.4 is 16.0 Å². The highest BCUT2D eigenvalue weighted by atomic mass is 35.5. The number of nitrogens with zero attached hydrogens (tertiary/aromatic N) is 3. The molecule has 33 heavy (non-hydrogen) atoms. The third-order valence-electron chi connectivity index (χ3n) is 5.83. The van der Waals surface area contributed by atoms with E-state index in [0.717, 1.165) is 34.0 Å². The zero-order valence-electron chi connectivity index (χ0n) is 17.9. The van der Waals surface area contributed by atoms with E-state index in [-0.39, 0.29) is 11.1 Å². The summed E-state index contributed by atoms with van der Waals surface area (Å²) in [6, 6.07) is 5.72. The van der Waals surface area contributed by atoms with Crippen molar-refractivity contribution in [2.45, 2.75) is 38.1 Å². The molecule has 1 saturated carbocycles. The first-order valence-electron chi connectivity index (χ1n) is 11.0. The number of nitrogens with one attached hydrogen (secondary N) is 2. The van der Waals surface area contributed by atoms with Gasteiger partial charge in [-0.2, -0.15) is 5.10 Å². The van der Waals surface area contributed by atoms with Gasteiger partial charge in [0.1, 0.15) is 5.69 Å². The number of piperidine rings is 1. The Kier molecular flexibility index (Phi) is 6.18. The molecule has 6 rings (SSSR count). The van der Waals surface area contributed by atoms with Crippen LogP contribution in [-0.4, -0.2) is 40.7 Å². The molecule has 2 aromatic carbocycles. The molecule has 2 aliphatic rings. The Balaban J connectivity index is 0.000000705. The zero-order chi connectivity index (χ0) is 22.9.